The molecule has 0 radical (unpaired) electrons. The Bertz CT molecular complexity index is 701. The lowest BCUT2D eigenvalue weighted by atomic mass is 10.1. The molecule has 0 saturated carbocycles. The molecule has 8 heteroatoms. The van der Waals surface area contributed by atoms with Crippen LogP contribution in [0.3, 0.4) is 0 Å². The first-order valence-electron chi connectivity index (χ1n) is 5.84. The van der Waals surface area contributed by atoms with Gasteiger partial charge in [0.05, 0.1) is 11.0 Å². The smallest absolute Gasteiger partial charge is 0.296 e. The number of nitrogens with zero attached hydrogens (tertiary/aromatic N) is 1. The third-order valence-corrected chi connectivity index (χ3v) is 2.86. The van der Waals surface area contributed by atoms with Gasteiger partial charge in [-0.1, -0.05) is 0 Å². The fraction of sp³-hybridized carbons (Fsp3) is 0.0769. The van der Waals surface area contributed by atoms with Gasteiger partial charge in [0, 0.05) is 12.1 Å². The molecule has 0 heterocycles. The van der Waals surface area contributed by atoms with Crippen molar-refractivity contribution in [2.24, 2.45) is 0 Å². The van der Waals surface area contributed by atoms with Gasteiger partial charge in [-0.25, -0.2) is 0 Å². The normalized spacial score (nSPS) is 10.3. The summed E-state index contributed by atoms with van der Waals surface area (Å²) in [5.74, 6) is -1.87. The van der Waals surface area contributed by atoms with Gasteiger partial charge in [-0.3, -0.25) is 10.1 Å². The van der Waals surface area contributed by atoms with Gasteiger partial charge in [0.2, 0.25) is 5.75 Å². The van der Waals surface area contributed by atoms with Crippen LogP contribution in [0, 0.1) is 10.1 Å². The summed E-state index contributed by atoms with van der Waals surface area (Å²) in [6, 6.07) is 6.16. The third-order valence-electron chi connectivity index (χ3n) is 2.86. The topological polar surface area (TPSA) is 136 Å². The Morgan fingerprint density at radius 2 is 1.76 bits per heavy atom. The minimum atomic E-state index is -0.658. The highest BCUT2D eigenvalue weighted by Crippen LogP contribution is 2.37. The number of phenols is 4. The zero-order valence-corrected chi connectivity index (χ0v) is 10.6. The van der Waals surface area contributed by atoms with Crippen LogP contribution in [0.2, 0.25) is 0 Å². The molecule has 2 aromatic rings. The Labute approximate surface area is 118 Å². The Morgan fingerprint density at radius 3 is 2.43 bits per heavy atom. The highest BCUT2D eigenvalue weighted by Gasteiger charge is 2.16. The first-order chi connectivity index (χ1) is 9.90. The number of phenolic OH excluding ortho intramolecular Hbond substituents is 4. The van der Waals surface area contributed by atoms with E-state index in [-0.39, 0.29) is 29.2 Å². The first-order valence-corrected chi connectivity index (χ1v) is 5.84. The molecule has 0 saturated heterocycles. The summed E-state index contributed by atoms with van der Waals surface area (Å²) < 4.78 is 0. The van der Waals surface area contributed by atoms with Crippen LogP contribution >= 0.6 is 0 Å². The van der Waals surface area contributed by atoms with Crippen molar-refractivity contribution in [2.45, 2.75) is 6.54 Å². The van der Waals surface area contributed by atoms with Gasteiger partial charge in [0.15, 0.2) is 11.5 Å². The zero-order chi connectivity index (χ0) is 15.6. The third kappa shape index (κ3) is 2.89. The fourth-order valence-electron chi connectivity index (χ4n) is 1.76. The minimum Gasteiger partial charge on any atom is -0.508 e. The van der Waals surface area contributed by atoms with E-state index in [0.29, 0.717) is 0 Å². The van der Waals surface area contributed by atoms with Crippen LogP contribution in [0.5, 0.6) is 23.0 Å². The molecule has 8 nitrogen and oxygen atoms in total. The molecule has 0 amide bonds. The van der Waals surface area contributed by atoms with Gasteiger partial charge in [-0.15, -0.1) is 0 Å². The maximum Gasteiger partial charge on any atom is 0.296 e. The quantitative estimate of drug-likeness (QED) is 0.252. The molecule has 2 aromatic carbocycles. The Hall–Kier alpha value is -3.16. The lowest BCUT2D eigenvalue weighted by Gasteiger charge is -2.10. The second kappa shape index (κ2) is 5.45. The highest BCUT2D eigenvalue weighted by molar-refractivity contribution is 5.64. The van der Waals surface area contributed by atoms with E-state index in [2.05, 4.69) is 5.32 Å². The summed E-state index contributed by atoms with van der Waals surface area (Å²) in [6.07, 6.45) is 0. The van der Waals surface area contributed by atoms with Gasteiger partial charge in [-0.2, -0.15) is 0 Å². The van der Waals surface area contributed by atoms with E-state index in [1.54, 1.807) is 0 Å². The largest absolute Gasteiger partial charge is 0.508 e. The van der Waals surface area contributed by atoms with Gasteiger partial charge in [0.1, 0.15) is 11.4 Å². The summed E-state index contributed by atoms with van der Waals surface area (Å²) in [7, 11) is 0. The molecule has 0 aliphatic rings. The predicted molar refractivity (Wildman–Crippen MR) is 73.5 cm³/mol. The zero-order valence-electron chi connectivity index (χ0n) is 10.6. The monoisotopic (exact) mass is 292 g/mol. The summed E-state index contributed by atoms with van der Waals surface area (Å²) in [5.41, 5.74) is 0.0647. The van der Waals surface area contributed by atoms with Gasteiger partial charge in [-0.05, 0) is 24.3 Å². The average Bonchev–Trinajstić information content (AvgIpc) is 2.45. The summed E-state index contributed by atoms with van der Waals surface area (Å²) >= 11 is 0. The number of hydrogen-bond donors (Lipinski definition) is 5. The molecule has 0 aliphatic carbocycles. The number of anilines is 1. The first kappa shape index (κ1) is 14.3. The Morgan fingerprint density at radius 1 is 1.05 bits per heavy atom. The van der Waals surface area contributed by atoms with Crippen LogP contribution in [-0.2, 0) is 6.54 Å². The molecule has 2 rings (SSSR count). The molecule has 0 bridgehead atoms. The molecular formula is C13H12N2O6. The number of rotatable bonds is 4. The van der Waals surface area contributed by atoms with Crippen molar-refractivity contribution in [1.82, 2.24) is 0 Å². The minimum absolute atomic E-state index is 0.0225. The van der Waals surface area contributed by atoms with Crippen molar-refractivity contribution in [3.63, 3.8) is 0 Å². The molecule has 0 spiro atoms. The Kier molecular flexibility index (Phi) is 3.70. The average molecular weight is 292 g/mol. The molecule has 0 aromatic heterocycles. The van der Waals surface area contributed by atoms with Crippen LogP contribution in [0.25, 0.3) is 0 Å². The molecule has 0 atom stereocenters. The lowest BCUT2D eigenvalue weighted by molar-refractivity contribution is -0.384. The van der Waals surface area contributed by atoms with Crippen LogP contribution in [0.4, 0.5) is 11.4 Å². The fourth-order valence-corrected chi connectivity index (χ4v) is 1.76. The van der Waals surface area contributed by atoms with Crippen molar-refractivity contribution in [3.8, 4) is 23.0 Å². The maximum absolute atomic E-state index is 10.9. The molecule has 110 valence electrons. The second-order valence-electron chi connectivity index (χ2n) is 4.25. The number of nitro groups is 1. The number of nitro benzene ring substituents is 1. The standard InChI is InChI=1S/C13H12N2O6/c16-8-2-3-9(10(5-8)15(20)21)14-6-7-1-4-11(17)13(19)12(7)18/h1-5,14,16-19H,6H2. The molecule has 0 unspecified atom stereocenters. The van der Waals surface area contributed by atoms with Crippen molar-refractivity contribution >= 4 is 11.4 Å². The van der Waals surface area contributed by atoms with Crippen molar-refractivity contribution < 1.29 is 25.3 Å². The molecular weight excluding hydrogens is 280 g/mol. The van der Waals surface area contributed by atoms with Crippen LogP contribution < -0.4 is 5.32 Å². The van der Waals surface area contributed by atoms with Crippen molar-refractivity contribution in [3.05, 3.63) is 46.0 Å². The van der Waals surface area contributed by atoms with Crippen molar-refractivity contribution in [1.29, 1.82) is 0 Å². The van der Waals surface area contributed by atoms with Crippen LogP contribution in [-0.4, -0.2) is 25.3 Å². The number of hydrogen-bond acceptors (Lipinski definition) is 7. The highest BCUT2D eigenvalue weighted by atomic mass is 16.6. The van der Waals surface area contributed by atoms with Gasteiger partial charge in [0.25, 0.3) is 5.69 Å². The Balaban J connectivity index is 2.25. The molecule has 5 N–H and O–H groups in total. The SMILES string of the molecule is O=[N+]([O-])c1cc(O)ccc1NCc1ccc(O)c(O)c1O. The molecule has 21 heavy (non-hydrogen) atoms. The van der Waals surface area contributed by atoms with E-state index in [4.69, 9.17) is 0 Å². The van der Waals surface area contributed by atoms with E-state index >= 15 is 0 Å². The summed E-state index contributed by atoms with van der Waals surface area (Å²) in [4.78, 5) is 10.2. The summed E-state index contributed by atoms with van der Waals surface area (Å²) in [6.45, 7) is -0.0225. The molecule has 0 aliphatic heterocycles. The van der Waals surface area contributed by atoms with E-state index in [1.165, 1.54) is 24.3 Å². The lowest BCUT2D eigenvalue weighted by Crippen LogP contribution is -2.02. The van der Waals surface area contributed by atoms with Gasteiger partial charge < -0.3 is 25.7 Å². The van der Waals surface area contributed by atoms with E-state index < -0.39 is 22.2 Å². The predicted octanol–water partition coefficient (Wildman–Crippen LogP) is 2.03. The molecule has 0 fully saturated rings. The van der Waals surface area contributed by atoms with E-state index in [1.807, 2.05) is 0 Å². The summed E-state index contributed by atoms with van der Waals surface area (Å²) in [5, 5.41) is 51.1. The number of aromatic hydroxyl groups is 4. The second-order valence-corrected chi connectivity index (χ2v) is 4.25. The van der Waals surface area contributed by atoms with E-state index in [0.717, 1.165) is 6.07 Å². The number of benzene rings is 2. The van der Waals surface area contributed by atoms with E-state index in [9.17, 15) is 30.5 Å². The van der Waals surface area contributed by atoms with Crippen LogP contribution in [0.15, 0.2) is 30.3 Å². The number of nitrogens with one attached hydrogen (secondary N) is 1. The van der Waals surface area contributed by atoms with Gasteiger partial charge >= 0.3 is 0 Å². The van der Waals surface area contributed by atoms with Crippen LogP contribution in [0.1, 0.15) is 5.56 Å². The van der Waals surface area contributed by atoms with Crippen molar-refractivity contribution in [2.75, 3.05) is 5.32 Å². The maximum atomic E-state index is 10.9.